The van der Waals surface area contributed by atoms with Gasteiger partial charge in [-0.05, 0) is 6.92 Å². The molecule has 0 saturated heterocycles. The van der Waals surface area contributed by atoms with Crippen LogP contribution in [0.25, 0.3) is 0 Å². The van der Waals surface area contributed by atoms with Crippen molar-refractivity contribution >= 4 is 22.5 Å². The lowest BCUT2D eigenvalue weighted by Gasteiger charge is -2.01. The van der Waals surface area contributed by atoms with Crippen LogP contribution in [0.15, 0.2) is 10.6 Å². The first-order valence-electron chi connectivity index (χ1n) is 5.46. The van der Waals surface area contributed by atoms with E-state index >= 15 is 0 Å². The number of amides is 2. The first-order chi connectivity index (χ1) is 8.67. The highest BCUT2D eigenvalue weighted by Gasteiger charge is 2.07. The number of carbonyl (C=O) groups excluding carboxylic acids is 1. The summed E-state index contributed by atoms with van der Waals surface area (Å²) in [6.45, 7) is 4.03. The summed E-state index contributed by atoms with van der Waals surface area (Å²) in [5, 5.41) is 14.1. The van der Waals surface area contributed by atoms with Gasteiger partial charge in [-0.15, -0.1) is 10.2 Å². The normalized spacial score (nSPS) is 10.3. The third-order valence-electron chi connectivity index (χ3n) is 2.10. The van der Waals surface area contributed by atoms with E-state index < -0.39 is 0 Å². The molecule has 2 rings (SSSR count). The second kappa shape index (κ2) is 5.58. The van der Waals surface area contributed by atoms with Gasteiger partial charge in [0.2, 0.25) is 11.0 Å². The summed E-state index contributed by atoms with van der Waals surface area (Å²) in [7, 11) is 0. The summed E-state index contributed by atoms with van der Waals surface area (Å²) in [6.07, 6.45) is 2.44. The Morgan fingerprint density at radius 3 is 2.94 bits per heavy atom. The summed E-state index contributed by atoms with van der Waals surface area (Å²) in [5.74, 6) is 1.28. The molecule has 0 aliphatic carbocycles. The van der Waals surface area contributed by atoms with Crippen molar-refractivity contribution in [3.05, 3.63) is 22.9 Å². The van der Waals surface area contributed by atoms with Crippen molar-refractivity contribution in [1.29, 1.82) is 0 Å². The number of rotatable bonds is 4. The van der Waals surface area contributed by atoms with Gasteiger partial charge in [-0.25, -0.2) is 9.78 Å². The van der Waals surface area contributed by atoms with E-state index in [-0.39, 0.29) is 12.6 Å². The molecular formula is C10H13N5O2S. The molecule has 0 fully saturated rings. The first kappa shape index (κ1) is 12.5. The average molecular weight is 267 g/mol. The second-order valence-electron chi connectivity index (χ2n) is 3.51. The maximum atomic E-state index is 11.5. The highest BCUT2D eigenvalue weighted by Crippen LogP contribution is 2.13. The zero-order valence-corrected chi connectivity index (χ0v) is 10.9. The van der Waals surface area contributed by atoms with Gasteiger partial charge in [-0.3, -0.25) is 5.32 Å². The minimum Gasteiger partial charge on any atom is -0.444 e. The van der Waals surface area contributed by atoms with Crippen molar-refractivity contribution in [2.45, 2.75) is 26.8 Å². The number of hydrogen-bond donors (Lipinski definition) is 2. The number of anilines is 1. The highest BCUT2D eigenvalue weighted by atomic mass is 32.1. The zero-order valence-electron chi connectivity index (χ0n) is 10.1. The summed E-state index contributed by atoms with van der Waals surface area (Å²) in [6, 6.07) is -0.359. The number of oxazole rings is 1. The van der Waals surface area contributed by atoms with Crippen LogP contribution >= 0.6 is 11.3 Å². The van der Waals surface area contributed by atoms with Crippen molar-refractivity contribution < 1.29 is 9.21 Å². The van der Waals surface area contributed by atoms with E-state index in [0.29, 0.717) is 11.0 Å². The van der Waals surface area contributed by atoms with Crippen molar-refractivity contribution in [2.24, 2.45) is 0 Å². The summed E-state index contributed by atoms with van der Waals surface area (Å²) < 4.78 is 5.36. The number of aromatic nitrogens is 3. The van der Waals surface area contributed by atoms with Crippen LogP contribution in [-0.4, -0.2) is 21.2 Å². The van der Waals surface area contributed by atoms with Gasteiger partial charge in [0, 0.05) is 6.42 Å². The Bertz CT molecular complexity index is 536. The molecule has 0 radical (unpaired) electrons. The van der Waals surface area contributed by atoms with Crippen molar-refractivity contribution in [3.8, 4) is 0 Å². The Hall–Kier alpha value is -1.96. The van der Waals surface area contributed by atoms with Gasteiger partial charge in [0.25, 0.3) is 0 Å². The Morgan fingerprint density at radius 2 is 2.33 bits per heavy atom. The third-order valence-corrected chi connectivity index (χ3v) is 2.85. The highest BCUT2D eigenvalue weighted by molar-refractivity contribution is 7.15. The zero-order chi connectivity index (χ0) is 13.0. The lowest BCUT2D eigenvalue weighted by Crippen LogP contribution is -2.28. The third kappa shape index (κ3) is 3.27. The lowest BCUT2D eigenvalue weighted by molar-refractivity contribution is 0.250. The quantitative estimate of drug-likeness (QED) is 0.879. The predicted octanol–water partition coefficient (Wildman–Crippen LogP) is 1.72. The fourth-order valence-electron chi connectivity index (χ4n) is 1.24. The van der Waals surface area contributed by atoms with Crippen LogP contribution < -0.4 is 10.6 Å². The van der Waals surface area contributed by atoms with Gasteiger partial charge < -0.3 is 9.73 Å². The topological polar surface area (TPSA) is 92.9 Å². The summed E-state index contributed by atoms with van der Waals surface area (Å²) >= 11 is 1.31. The van der Waals surface area contributed by atoms with Gasteiger partial charge in [-0.1, -0.05) is 18.3 Å². The minimum absolute atomic E-state index is 0.240. The van der Waals surface area contributed by atoms with Gasteiger partial charge in [0.1, 0.15) is 10.8 Å². The summed E-state index contributed by atoms with van der Waals surface area (Å²) in [5.41, 5.74) is 0. The van der Waals surface area contributed by atoms with E-state index in [2.05, 4.69) is 25.8 Å². The monoisotopic (exact) mass is 267 g/mol. The minimum atomic E-state index is -0.359. The molecular weight excluding hydrogens is 254 g/mol. The smallest absolute Gasteiger partial charge is 0.321 e. The van der Waals surface area contributed by atoms with Crippen LogP contribution in [0.5, 0.6) is 0 Å². The van der Waals surface area contributed by atoms with Crippen molar-refractivity contribution in [2.75, 3.05) is 5.32 Å². The molecule has 0 saturated carbocycles. The molecule has 0 aromatic carbocycles. The average Bonchev–Trinajstić information content (AvgIpc) is 2.95. The van der Waals surface area contributed by atoms with Crippen LogP contribution in [0.1, 0.15) is 23.6 Å². The Balaban J connectivity index is 1.81. The van der Waals surface area contributed by atoms with Crippen molar-refractivity contribution in [3.63, 3.8) is 0 Å². The molecule has 0 aliphatic rings. The molecule has 2 amide bonds. The Morgan fingerprint density at radius 1 is 1.50 bits per heavy atom. The molecule has 18 heavy (non-hydrogen) atoms. The standard InChI is InChI=1S/C10H13N5O2S/c1-3-7-4-11-8(17-7)5-12-9(16)13-10-15-14-6(2)18-10/h4H,3,5H2,1-2H3,(H2,12,13,15,16). The number of nitrogens with zero attached hydrogens (tertiary/aromatic N) is 3. The molecule has 2 aromatic heterocycles. The molecule has 96 valence electrons. The van der Waals surface area contributed by atoms with E-state index in [0.717, 1.165) is 17.2 Å². The van der Waals surface area contributed by atoms with E-state index in [1.165, 1.54) is 11.3 Å². The molecule has 2 N–H and O–H groups in total. The van der Waals surface area contributed by atoms with Gasteiger partial charge >= 0.3 is 6.03 Å². The largest absolute Gasteiger partial charge is 0.444 e. The number of aryl methyl sites for hydroxylation is 2. The van der Waals surface area contributed by atoms with Crippen LogP contribution in [0.2, 0.25) is 0 Å². The van der Waals surface area contributed by atoms with E-state index in [1.807, 2.05) is 13.8 Å². The van der Waals surface area contributed by atoms with Gasteiger partial charge in [0.15, 0.2) is 0 Å². The van der Waals surface area contributed by atoms with Crippen LogP contribution in [0.4, 0.5) is 9.93 Å². The van der Waals surface area contributed by atoms with Crippen LogP contribution in [-0.2, 0) is 13.0 Å². The fraction of sp³-hybridized carbons (Fsp3) is 0.400. The second-order valence-corrected chi connectivity index (χ2v) is 4.69. The number of nitrogens with one attached hydrogen (secondary N) is 2. The maximum Gasteiger partial charge on any atom is 0.321 e. The number of hydrogen-bond acceptors (Lipinski definition) is 6. The SMILES string of the molecule is CCc1cnc(CNC(=O)Nc2nnc(C)s2)o1. The maximum absolute atomic E-state index is 11.5. The van der Waals surface area contributed by atoms with Gasteiger partial charge in [-0.2, -0.15) is 0 Å². The van der Waals surface area contributed by atoms with E-state index in [1.54, 1.807) is 6.20 Å². The van der Waals surface area contributed by atoms with Crippen LogP contribution in [0.3, 0.4) is 0 Å². The lowest BCUT2D eigenvalue weighted by atomic mass is 10.4. The molecule has 0 atom stereocenters. The molecule has 0 unspecified atom stereocenters. The van der Waals surface area contributed by atoms with Crippen molar-refractivity contribution in [1.82, 2.24) is 20.5 Å². The molecule has 0 bridgehead atoms. The van der Waals surface area contributed by atoms with E-state index in [4.69, 9.17) is 4.42 Å². The molecule has 7 nitrogen and oxygen atoms in total. The van der Waals surface area contributed by atoms with Gasteiger partial charge in [0.05, 0.1) is 12.7 Å². The number of carbonyl (C=O) groups is 1. The van der Waals surface area contributed by atoms with E-state index in [9.17, 15) is 4.79 Å². The molecule has 0 aliphatic heterocycles. The Kier molecular flexibility index (Phi) is 3.88. The number of urea groups is 1. The Labute approximate surface area is 108 Å². The summed E-state index contributed by atoms with van der Waals surface area (Å²) in [4.78, 5) is 15.6. The predicted molar refractivity (Wildman–Crippen MR) is 66.4 cm³/mol. The molecule has 2 aromatic rings. The first-order valence-corrected chi connectivity index (χ1v) is 6.27. The molecule has 8 heteroatoms. The fourth-order valence-corrected chi connectivity index (χ4v) is 1.82. The molecule has 0 spiro atoms. The van der Waals surface area contributed by atoms with Crippen LogP contribution in [0, 0.1) is 6.92 Å². The molecule has 2 heterocycles.